The van der Waals surface area contributed by atoms with E-state index in [9.17, 15) is 22.5 Å². The lowest BCUT2D eigenvalue weighted by Gasteiger charge is -2.39. The van der Waals surface area contributed by atoms with Gasteiger partial charge in [0.25, 0.3) is 5.91 Å². The molecule has 1 aromatic heterocycles. The summed E-state index contributed by atoms with van der Waals surface area (Å²) in [4.78, 5) is 19.6. The smallest absolute Gasteiger partial charge is 0.406 e. The summed E-state index contributed by atoms with van der Waals surface area (Å²) in [5, 5.41) is 6.54. The third-order valence-electron chi connectivity index (χ3n) is 7.62. The van der Waals surface area contributed by atoms with E-state index in [0.29, 0.717) is 36.4 Å². The number of aromatic nitrogens is 2. The third-order valence-corrected chi connectivity index (χ3v) is 9.14. The Hall–Kier alpha value is -3.59. The number of rotatable bonds is 10. The van der Waals surface area contributed by atoms with Crippen LogP contribution in [-0.4, -0.2) is 99.1 Å². The average molecular weight is 652 g/mol. The number of hydrogen-bond donors (Lipinski definition) is 2. The number of likely N-dealkylation sites (tertiary alicyclic amines) is 1. The van der Waals surface area contributed by atoms with Crippen molar-refractivity contribution in [3.8, 4) is 17.6 Å². The summed E-state index contributed by atoms with van der Waals surface area (Å²) in [6.07, 6.45) is -4.85. The molecule has 1 fully saturated rings. The number of alkyl halides is 4. The Morgan fingerprint density at radius 3 is 2.58 bits per heavy atom. The Labute approximate surface area is 260 Å². The van der Waals surface area contributed by atoms with Gasteiger partial charge < -0.3 is 29.2 Å². The number of nitrogens with one attached hydrogen (secondary N) is 2. The number of carbonyl (C=O) groups excluding carboxylic acids is 1. The lowest BCUT2D eigenvalue weighted by atomic mass is 9.92. The topological polar surface area (TPSA) is 97.7 Å². The van der Waals surface area contributed by atoms with E-state index in [4.69, 9.17) is 9.47 Å². The van der Waals surface area contributed by atoms with Crippen LogP contribution in [0.5, 0.6) is 5.75 Å². The zero-order valence-corrected chi connectivity index (χ0v) is 26.8. The fourth-order valence-electron chi connectivity index (χ4n) is 5.36. The predicted octanol–water partition coefficient (Wildman–Crippen LogP) is 4.35. The maximum Gasteiger partial charge on any atom is 0.406 e. The molecule has 14 heteroatoms. The summed E-state index contributed by atoms with van der Waals surface area (Å²) in [7, 11) is 0.545. The normalized spacial score (nSPS) is 19.2. The lowest BCUT2D eigenvalue weighted by molar-refractivity contribution is -0.139. The molecule has 1 aliphatic rings. The number of nitrogens with zero attached hydrogens (tertiary/aromatic N) is 3. The number of fused-ring (bicyclic) bond motifs is 1. The molecule has 0 unspecified atom stereocenters. The highest BCUT2D eigenvalue weighted by Gasteiger charge is 2.36. The maximum atomic E-state index is 15.2. The molecular weight excluding hydrogens is 613 g/mol. The molecule has 2 heterocycles. The fourth-order valence-corrected chi connectivity index (χ4v) is 6.23. The second kappa shape index (κ2) is 14.2. The lowest BCUT2D eigenvalue weighted by Crippen LogP contribution is -2.57. The van der Waals surface area contributed by atoms with Gasteiger partial charge in [0, 0.05) is 37.6 Å². The fraction of sp³-hybridized carbons (Fsp3) is 0.484. The molecule has 9 nitrogen and oxygen atoms in total. The number of carbonyl (C=O) groups is 1. The van der Waals surface area contributed by atoms with Crippen molar-refractivity contribution < 1.29 is 36.4 Å². The van der Waals surface area contributed by atoms with Gasteiger partial charge in [0.15, 0.2) is 0 Å². The Morgan fingerprint density at radius 2 is 1.93 bits per heavy atom. The van der Waals surface area contributed by atoms with Gasteiger partial charge >= 0.3 is 6.18 Å². The molecule has 4 rings (SSSR count). The van der Waals surface area contributed by atoms with Crippen LogP contribution in [0.1, 0.15) is 22.8 Å². The van der Waals surface area contributed by atoms with Gasteiger partial charge in [-0.05, 0) is 49.6 Å². The minimum atomic E-state index is -4.52. The monoisotopic (exact) mass is 651 g/mol. The van der Waals surface area contributed by atoms with Crippen molar-refractivity contribution >= 4 is 35.1 Å². The van der Waals surface area contributed by atoms with Crippen LogP contribution in [0, 0.1) is 17.8 Å². The summed E-state index contributed by atoms with van der Waals surface area (Å²) in [5.74, 6) is 5.48. The van der Waals surface area contributed by atoms with Crippen molar-refractivity contribution in [2.24, 2.45) is 5.92 Å². The highest BCUT2D eigenvalue weighted by atomic mass is 31.2. The predicted molar refractivity (Wildman–Crippen MR) is 167 cm³/mol. The largest absolute Gasteiger partial charge is 0.495 e. The van der Waals surface area contributed by atoms with E-state index < -0.39 is 38.0 Å². The number of piperidine rings is 1. The van der Waals surface area contributed by atoms with Crippen LogP contribution in [0.3, 0.4) is 0 Å². The van der Waals surface area contributed by atoms with Crippen LogP contribution in [0.4, 0.5) is 23.2 Å². The molecule has 3 atom stereocenters. The van der Waals surface area contributed by atoms with Crippen molar-refractivity contribution in [2.75, 3.05) is 65.7 Å². The Kier molecular flexibility index (Phi) is 10.8. The molecule has 0 saturated carbocycles. The minimum absolute atomic E-state index is 0.00270. The molecule has 2 N–H and O–H groups in total. The summed E-state index contributed by atoms with van der Waals surface area (Å²) in [6.45, 7) is 5.65. The number of benzene rings is 2. The third kappa shape index (κ3) is 8.78. The summed E-state index contributed by atoms with van der Waals surface area (Å²) < 4.78 is 79.2. The minimum Gasteiger partial charge on any atom is -0.495 e. The van der Waals surface area contributed by atoms with E-state index in [-0.39, 0.29) is 41.2 Å². The number of amides is 1. The number of anilines is 1. The second-order valence-corrected chi connectivity index (χ2v) is 14.7. The first kappa shape index (κ1) is 34.3. The van der Waals surface area contributed by atoms with E-state index in [1.54, 1.807) is 38.6 Å². The molecule has 0 radical (unpaired) electrons. The Balaban J connectivity index is 1.61. The van der Waals surface area contributed by atoms with Crippen molar-refractivity contribution in [2.45, 2.75) is 31.9 Å². The highest BCUT2D eigenvalue weighted by molar-refractivity contribution is 7.70. The molecule has 0 spiro atoms. The molecule has 244 valence electrons. The van der Waals surface area contributed by atoms with E-state index in [1.807, 2.05) is 11.8 Å². The van der Waals surface area contributed by atoms with Gasteiger partial charge in [0.2, 0.25) is 0 Å². The van der Waals surface area contributed by atoms with Crippen molar-refractivity contribution in [3.05, 3.63) is 47.8 Å². The molecule has 1 amide bonds. The Morgan fingerprint density at radius 1 is 1.18 bits per heavy atom. The molecule has 1 saturated heterocycles. The highest BCUT2D eigenvalue weighted by Crippen LogP contribution is 2.37. The quantitative estimate of drug-likeness (QED) is 0.191. The Bertz CT molecular complexity index is 1620. The van der Waals surface area contributed by atoms with E-state index in [0.717, 1.165) is 10.9 Å². The first-order chi connectivity index (χ1) is 21.2. The first-order valence-electron chi connectivity index (χ1n) is 14.4. The molecule has 0 bridgehead atoms. The van der Waals surface area contributed by atoms with Gasteiger partial charge in [-0.25, -0.2) is 9.37 Å². The van der Waals surface area contributed by atoms with Crippen LogP contribution in [0.15, 0.2) is 36.7 Å². The summed E-state index contributed by atoms with van der Waals surface area (Å²) in [5.41, 5.74) is 1.00. The van der Waals surface area contributed by atoms with Crippen molar-refractivity contribution in [3.63, 3.8) is 0 Å². The maximum absolute atomic E-state index is 15.2. The van der Waals surface area contributed by atoms with Crippen molar-refractivity contribution in [1.82, 2.24) is 19.8 Å². The molecular formula is C31H38F4N5O4P. The van der Waals surface area contributed by atoms with Gasteiger partial charge in [0.1, 0.15) is 31.1 Å². The van der Waals surface area contributed by atoms with Crippen LogP contribution in [0.2, 0.25) is 0 Å². The van der Waals surface area contributed by atoms with Crippen molar-refractivity contribution in [1.29, 1.82) is 0 Å². The van der Waals surface area contributed by atoms with Gasteiger partial charge in [0.05, 0.1) is 49.4 Å². The second-order valence-electron chi connectivity index (χ2n) is 11.5. The van der Waals surface area contributed by atoms with E-state index in [1.165, 1.54) is 19.2 Å². The van der Waals surface area contributed by atoms with E-state index in [2.05, 4.69) is 27.5 Å². The zero-order chi connectivity index (χ0) is 32.9. The molecule has 1 aliphatic heterocycles. The number of methoxy groups -OCH3 is 2. The average Bonchev–Trinajstić information content (AvgIpc) is 3.35. The van der Waals surface area contributed by atoms with Gasteiger partial charge in [-0.2, -0.15) is 13.2 Å². The molecule has 2 aromatic carbocycles. The van der Waals surface area contributed by atoms with Gasteiger partial charge in [-0.1, -0.05) is 18.8 Å². The van der Waals surface area contributed by atoms with Crippen LogP contribution in [0.25, 0.3) is 11.0 Å². The number of hydrogen-bond acceptors (Lipinski definition) is 7. The van der Waals surface area contributed by atoms with Crippen LogP contribution in [-0.2, 0) is 15.8 Å². The molecule has 0 aliphatic carbocycles. The number of halogens is 4. The SMILES string of the molecule is COCCN1C[C@H](C)[C@@H](NC(=O)c2cc(C#CCNc3cc(P(C)(C)=O)ccc3OC)cc3c2ncn3CC(F)(F)F)[C@@H](F)C1. The van der Waals surface area contributed by atoms with Crippen LogP contribution >= 0.6 is 7.14 Å². The molecule has 45 heavy (non-hydrogen) atoms. The zero-order valence-electron chi connectivity index (χ0n) is 25.9. The standard InChI is InChI=1S/C31H38F4N5O4P/c1-20-16-39(11-12-43-2)17-24(32)28(20)38-30(41)23-13-21(14-26-29(23)37-19-40(26)18-31(33,34)35)7-6-10-36-25-15-22(45(4,5)42)8-9-27(25)44-3/h8-9,13-15,19-20,24,28,36H,10-12,16-18H2,1-5H3,(H,38,41)/t20-,24-,28+/m0/s1. The number of ether oxygens (including phenoxy) is 2. The van der Waals surface area contributed by atoms with Crippen LogP contribution < -0.4 is 20.7 Å². The van der Waals surface area contributed by atoms with Gasteiger partial charge in [-0.3, -0.25) is 9.69 Å². The summed E-state index contributed by atoms with van der Waals surface area (Å²) in [6, 6.07) is 7.27. The van der Waals surface area contributed by atoms with E-state index >= 15 is 4.39 Å². The summed E-state index contributed by atoms with van der Waals surface area (Å²) >= 11 is 0. The molecule has 3 aromatic rings. The number of imidazole rings is 1. The van der Waals surface area contributed by atoms with Gasteiger partial charge in [-0.15, -0.1) is 0 Å². The first-order valence-corrected chi connectivity index (χ1v) is 17.0.